The Labute approximate surface area is 170 Å². The summed E-state index contributed by atoms with van der Waals surface area (Å²) < 4.78 is 0. The largest absolute Gasteiger partial charge is 0.348 e. The molecule has 0 radical (unpaired) electrons. The van der Waals surface area contributed by atoms with Crippen LogP contribution in [0.2, 0.25) is 5.02 Å². The number of hydrogen-bond donors (Lipinski definition) is 1. The minimum absolute atomic E-state index is 0.0959. The third-order valence-corrected chi connectivity index (χ3v) is 6.28. The van der Waals surface area contributed by atoms with Crippen LogP contribution in [-0.4, -0.2) is 35.3 Å². The molecule has 0 unspecified atom stereocenters. The zero-order valence-corrected chi connectivity index (χ0v) is 16.6. The molecule has 2 atom stereocenters. The molecule has 2 aromatic rings. The number of benzene rings is 2. The first-order valence-electron chi connectivity index (χ1n) is 9.94. The van der Waals surface area contributed by atoms with Crippen LogP contribution in [0.15, 0.2) is 54.6 Å². The predicted octanol–water partition coefficient (Wildman–Crippen LogP) is 3.94. The third kappa shape index (κ3) is 3.93. The van der Waals surface area contributed by atoms with Crippen LogP contribution in [0.4, 0.5) is 0 Å². The lowest BCUT2D eigenvalue weighted by molar-refractivity contribution is -0.130. The summed E-state index contributed by atoms with van der Waals surface area (Å²) in [6.45, 7) is 1.21. The second-order valence-corrected chi connectivity index (χ2v) is 8.39. The summed E-state index contributed by atoms with van der Waals surface area (Å²) >= 11 is 5.95. The van der Waals surface area contributed by atoms with Crippen LogP contribution in [0.3, 0.4) is 0 Å². The highest BCUT2D eigenvalue weighted by molar-refractivity contribution is 6.30. The van der Waals surface area contributed by atoms with Crippen molar-refractivity contribution in [3.63, 3.8) is 0 Å². The van der Waals surface area contributed by atoms with E-state index in [1.165, 1.54) is 5.56 Å². The fourth-order valence-corrected chi connectivity index (χ4v) is 4.73. The third-order valence-electron chi connectivity index (χ3n) is 6.03. The number of likely N-dealkylation sites (tertiary alicyclic amines) is 1. The molecule has 4 rings (SSSR count). The molecular weight excluding hydrogens is 372 g/mol. The molecule has 5 heteroatoms. The van der Waals surface area contributed by atoms with Gasteiger partial charge in [0.05, 0.1) is 12.0 Å². The van der Waals surface area contributed by atoms with Gasteiger partial charge < -0.3 is 10.2 Å². The quantitative estimate of drug-likeness (QED) is 0.854. The Morgan fingerprint density at radius 1 is 1.11 bits per heavy atom. The van der Waals surface area contributed by atoms with Gasteiger partial charge in [0.15, 0.2) is 0 Å². The van der Waals surface area contributed by atoms with Gasteiger partial charge in [-0.05, 0) is 36.1 Å². The van der Waals surface area contributed by atoms with Crippen LogP contribution in [0, 0.1) is 0 Å². The van der Waals surface area contributed by atoms with E-state index >= 15 is 0 Å². The number of hydrogen-bond acceptors (Lipinski definition) is 2. The Morgan fingerprint density at radius 2 is 1.86 bits per heavy atom. The molecule has 2 aliphatic heterocycles. The number of nitrogens with zero attached hydrogens (tertiary/aromatic N) is 1. The van der Waals surface area contributed by atoms with E-state index in [0.717, 1.165) is 24.8 Å². The average Bonchev–Trinajstić information content (AvgIpc) is 2.96. The minimum Gasteiger partial charge on any atom is -0.348 e. The van der Waals surface area contributed by atoms with Crippen LogP contribution < -0.4 is 5.32 Å². The first kappa shape index (κ1) is 19.0. The van der Waals surface area contributed by atoms with Crippen LogP contribution in [-0.2, 0) is 16.0 Å². The molecule has 0 aromatic heterocycles. The second kappa shape index (κ2) is 7.96. The lowest BCUT2D eigenvalue weighted by Gasteiger charge is -2.34. The van der Waals surface area contributed by atoms with Crippen molar-refractivity contribution in [3.05, 3.63) is 70.7 Å². The van der Waals surface area contributed by atoms with Crippen LogP contribution in [0.5, 0.6) is 0 Å². The van der Waals surface area contributed by atoms with Gasteiger partial charge in [0.25, 0.3) is 0 Å². The molecule has 2 heterocycles. The smallest absolute Gasteiger partial charge is 0.227 e. The summed E-state index contributed by atoms with van der Waals surface area (Å²) in [7, 11) is 0. The lowest BCUT2D eigenvalue weighted by atomic mass is 9.79. The fourth-order valence-electron chi connectivity index (χ4n) is 4.61. The molecule has 2 fully saturated rings. The molecule has 2 aliphatic rings. The number of halogens is 1. The maximum atomic E-state index is 13.1. The van der Waals surface area contributed by atoms with E-state index in [2.05, 4.69) is 17.4 Å². The van der Waals surface area contributed by atoms with Gasteiger partial charge in [-0.1, -0.05) is 60.5 Å². The summed E-state index contributed by atoms with van der Waals surface area (Å²) in [5.74, 6) is 0.314. The molecule has 1 N–H and O–H groups in total. The maximum absolute atomic E-state index is 13.1. The molecule has 0 aliphatic carbocycles. The summed E-state index contributed by atoms with van der Waals surface area (Å²) in [4.78, 5) is 27.4. The van der Waals surface area contributed by atoms with E-state index < -0.39 is 0 Å². The molecule has 1 spiro atoms. The number of carbonyl (C=O) groups is 2. The molecule has 0 saturated carbocycles. The van der Waals surface area contributed by atoms with Crippen molar-refractivity contribution in [1.29, 1.82) is 0 Å². The number of nitrogens with one attached hydrogen (secondary N) is 1. The first-order chi connectivity index (χ1) is 13.6. The second-order valence-electron chi connectivity index (χ2n) is 7.95. The highest BCUT2D eigenvalue weighted by Crippen LogP contribution is 2.41. The van der Waals surface area contributed by atoms with Crippen molar-refractivity contribution in [2.24, 2.45) is 0 Å². The van der Waals surface area contributed by atoms with Gasteiger partial charge in [-0.3, -0.25) is 9.59 Å². The summed E-state index contributed by atoms with van der Waals surface area (Å²) in [6, 6.07) is 17.7. The highest BCUT2D eigenvalue weighted by Gasteiger charge is 2.49. The Kier molecular flexibility index (Phi) is 5.40. The molecule has 2 saturated heterocycles. The summed E-state index contributed by atoms with van der Waals surface area (Å²) in [6.07, 6.45) is 3.74. The van der Waals surface area contributed by atoms with E-state index in [0.29, 0.717) is 31.0 Å². The van der Waals surface area contributed by atoms with Crippen molar-refractivity contribution in [2.75, 3.05) is 13.1 Å². The van der Waals surface area contributed by atoms with E-state index in [4.69, 9.17) is 11.6 Å². The van der Waals surface area contributed by atoms with E-state index in [-0.39, 0.29) is 23.3 Å². The van der Waals surface area contributed by atoms with Crippen molar-refractivity contribution in [3.8, 4) is 0 Å². The highest BCUT2D eigenvalue weighted by atomic mass is 35.5. The Balaban J connectivity index is 1.59. The molecule has 2 aromatic carbocycles. The van der Waals surface area contributed by atoms with E-state index in [1.54, 1.807) is 0 Å². The predicted molar refractivity (Wildman–Crippen MR) is 110 cm³/mol. The van der Waals surface area contributed by atoms with Crippen LogP contribution >= 0.6 is 11.6 Å². The van der Waals surface area contributed by atoms with Crippen molar-refractivity contribution < 1.29 is 9.59 Å². The summed E-state index contributed by atoms with van der Waals surface area (Å²) in [5, 5.41) is 3.98. The molecule has 0 bridgehead atoms. The van der Waals surface area contributed by atoms with Gasteiger partial charge >= 0.3 is 0 Å². The maximum Gasteiger partial charge on any atom is 0.227 e. The van der Waals surface area contributed by atoms with Gasteiger partial charge in [0, 0.05) is 30.5 Å². The Bertz CT molecular complexity index is 853. The SMILES string of the molecule is O=C1CCCC[C@]2(CN(C(=O)Cc3ccc(Cl)cc3)C[C@H]2c2ccccc2)N1. The van der Waals surface area contributed by atoms with Gasteiger partial charge in [0.1, 0.15) is 0 Å². The molecule has 146 valence electrons. The normalized spacial score (nSPS) is 24.8. The van der Waals surface area contributed by atoms with E-state index in [9.17, 15) is 9.59 Å². The van der Waals surface area contributed by atoms with Gasteiger partial charge in [-0.25, -0.2) is 0 Å². The van der Waals surface area contributed by atoms with Crippen LogP contribution in [0.1, 0.15) is 42.7 Å². The molecule has 2 amide bonds. The van der Waals surface area contributed by atoms with Crippen LogP contribution in [0.25, 0.3) is 0 Å². The average molecular weight is 397 g/mol. The number of amides is 2. The number of carbonyl (C=O) groups excluding carboxylic acids is 2. The Morgan fingerprint density at radius 3 is 2.61 bits per heavy atom. The molecule has 28 heavy (non-hydrogen) atoms. The Hall–Kier alpha value is -2.33. The van der Waals surface area contributed by atoms with Crippen molar-refractivity contribution in [2.45, 2.75) is 43.6 Å². The monoisotopic (exact) mass is 396 g/mol. The van der Waals surface area contributed by atoms with Crippen molar-refractivity contribution >= 4 is 23.4 Å². The van der Waals surface area contributed by atoms with Crippen molar-refractivity contribution in [1.82, 2.24) is 10.2 Å². The lowest BCUT2D eigenvalue weighted by Crippen LogP contribution is -2.52. The molecular formula is C23H25ClN2O2. The first-order valence-corrected chi connectivity index (χ1v) is 10.3. The fraction of sp³-hybridized carbons (Fsp3) is 0.391. The topological polar surface area (TPSA) is 49.4 Å². The zero-order chi connectivity index (χ0) is 19.6. The minimum atomic E-state index is -0.370. The van der Waals surface area contributed by atoms with E-state index in [1.807, 2.05) is 47.4 Å². The summed E-state index contributed by atoms with van der Waals surface area (Å²) in [5.41, 5.74) is 1.77. The standard InChI is InChI=1S/C23H25ClN2O2/c24-19-11-9-17(10-12-19)14-22(28)26-15-20(18-6-2-1-3-7-18)23(16-26)13-5-4-8-21(27)25-23/h1-3,6-7,9-12,20H,4-5,8,13-16H2,(H,25,27)/t20-,23+/m0/s1. The van der Waals surface area contributed by atoms with Gasteiger partial charge in [0.2, 0.25) is 11.8 Å². The molecule has 4 nitrogen and oxygen atoms in total. The number of rotatable bonds is 3. The van der Waals surface area contributed by atoms with Gasteiger partial charge in [-0.2, -0.15) is 0 Å². The zero-order valence-electron chi connectivity index (χ0n) is 15.9. The van der Waals surface area contributed by atoms with Gasteiger partial charge in [-0.15, -0.1) is 0 Å².